The van der Waals surface area contributed by atoms with Gasteiger partial charge in [-0.3, -0.25) is 0 Å². The van der Waals surface area contributed by atoms with Gasteiger partial charge in [0.2, 0.25) is 0 Å². The van der Waals surface area contributed by atoms with Crippen molar-refractivity contribution in [3.8, 4) is 0 Å². The summed E-state index contributed by atoms with van der Waals surface area (Å²) >= 11 is 3.32. The second-order valence-corrected chi connectivity index (χ2v) is 3.35. The molecule has 0 heterocycles. The van der Waals surface area contributed by atoms with E-state index in [1.54, 1.807) is 0 Å². The summed E-state index contributed by atoms with van der Waals surface area (Å²) in [7, 11) is 1.39. The largest absolute Gasteiger partial charge is 0.465 e. The van der Waals surface area contributed by atoms with E-state index in [4.69, 9.17) is 0 Å². The predicted octanol–water partition coefficient (Wildman–Crippen LogP) is 3.70. The maximum Gasteiger partial charge on any atom is 0.338 e. The van der Waals surface area contributed by atoms with E-state index in [1.807, 2.05) is 39.0 Å². The second kappa shape index (κ2) is 7.46. The van der Waals surface area contributed by atoms with Crippen molar-refractivity contribution in [3.05, 3.63) is 34.9 Å². The number of benzene rings is 1. The molecule has 0 saturated heterocycles. The zero-order valence-corrected chi connectivity index (χ0v) is 11.2. The molecule has 1 rings (SSSR count). The van der Waals surface area contributed by atoms with Gasteiger partial charge in [0, 0.05) is 5.33 Å². The van der Waals surface area contributed by atoms with Crippen LogP contribution in [0.3, 0.4) is 0 Å². The fourth-order valence-electron chi connectivity index (χ4n) is 1.11. The minimum Gasteiger partial charge on any atom is -0.465 e. The first kappa shape index (κ1) is 14.2. The van der Waals surface area contributed by atoms with Crippen molar-refractivity contribution in [2.75, 3.05) is 7.11 Å². The van der Waals surface area contributed by atoms with Crippen molar-refractivity contribution >= 4 is 21.9 Å². The molecule has 0 fully saturated rings. The molecule has 0 bridgehead atoms. The molecule has 1 aromatic rings. The van der Waals surface area contributed by atoms with Gasteiger partial charge in [0.15, 0.2) is 0 Å². The number of rotatable bonds is 2. The number of ether oxygens (including phenoxy) is 1. The van der Waals surface area contributed by atoms with Gasteiger partial charge in [-0.25, -0.2) is 4.79 Å². The van der Waals surface area contributed by atoms with Crippen LogP contribution in [0.5, 0.6) is 0 Å². The van der Waals surface area contributed by atoms with Gasteiger partial charge in [0.25, 0.3) is 0 Å². The summed E-state index contributed by atoms with van der Waals surface area (Å²) in [5.74, 6) is -0.279. The van der Waals surface area contributed by atoms with Crippen LogP contribution in [0.1, 0.15) is 35.3 Å². The third-order valence-corrected chi connectivity index (χ3v) is 2.42. The molecule has 0 spiro atoms. The van der Waals surface area contributed by atoms with Gasteiger partial charge in [-0.05, 0) is 18.6 Å². The summed E-state index contributed by atoms with van der Waals surface area (Å²) in [5, 5.41) is 0.664. The van der Waals surface area contributed by atoms with Crippen LogP contribution in [0, 0.1) is 6.92 Å². The Kier molecular flexibility index (Phi) is 7.05. The van der Waals surface area contributed by atoms with Crippen LogP contribution < -0.4 is 0 Å². The van der Waals surface area contributed by atoms with Crippen LogP contribution in [-0.2, 0) is 10.1 Å². The molecule has 2 nitrogen and oxygen atoms in total. The highest BCUT2D eigenvalue weighted by molar-refractivity contribution is 9.08. The Bertz CT molecular complexity index is 321. The molecule has 0 atom stereocenters. The Labute approximate surface area is 99.8 Å². The summed E-state index contributed by atoms with van der Waals surface area (Å²) < 4.78 is 4.67. The lowest BCUT2D eigenvalue weighted by Gasteiger charge is -2.05. The maximum absolute atomic E-state index is 11.3. The number of carbonyl (C=O) groups is 1. The molecule has 15 heavy (non-hydrogen) atoms. The number of esters is 1. The fourth-order valence-corrected chi connectivity index (χ4v) is 1.60. The molecule has 84 valence electrons. The van der Waals surface area contributed by atoms with Crippen molar-refractivity contribution in [3.63, 3.8) is 0 Å². The van der Waals surface area contributed by atoms with E-state index in [1.165, 1.54) is 7.11 Å². The van der Waals surface area contributed by atoms with E-state index in [-0.39, 0.29) is 5.97 Å². The van der Waals surface area contributed by atoms with Crippen molar-refractivity contribution < 1.29 is 9.53 Å². The van der Waals surface area contributed by atoms with E-state index in [0.717, 1.165) is 11.1 Å². The highest BCUT2D eigenvalue weighted by Gasteiger charge is 2.10. The Hall–Kier alpha value is -0.830. The molecule has 0 aliphatic carbocycles. The Morgan fingerprint density at radius 2 is 2.00 bits per heavy atom. The molecular weight excluding hydrogens is 256 g/mol. The highest BCUT2D eigenvalue weighted by atomic mass is 79.9. The predicted molar refractivity (Wildman–Crippen MR) is 66.5 cm³/mol. The third kappa shape index (κ3) is 4.04. The minimum atomic E-state index is -0.279. The first-order valence-electron chi connectivity index (χ1n) is 4.93. The second-order valence-electron chi connectivity index (χ2n) is 2.79. The van der Waals surface area contributed by atoms with Crippen molar-refractivity contribution in [1.29, 1.82) is 0 Å². The fraction of sp³-hybridized carbons (Fsp3) is 0.417. The Balaban J connectivity index is 0.000000921. The van der Waals surface area contributed by atoms with Gasteiger partial charge in [-0.1, -0.05) is 47.5 Å². The van der Waals surface area contributed by atoms with E-state index in [0.29, 0.717) is 10.9 Å². The van der Waals surface area contributed by atoms with E-state index >= 15 is 0 Å². The van der Waals surface area contributed by atoms with Crippen LogP contribution in [0.25, 0.3) is 0 Å². The molecule has 0 radical (unpaired) electrons. The summed E-state index contributed by atoms with van der Waals surface area (Å²) in [4.78, 5) is 11.3. The molecule has 1 aromatic carbocycles. The van der Waals surface area contributed by atoms with E-state index in [2.05, 4.69) is 20.7 Å². The van der Waals surface area contributed by atoms with Gasteiger partial charge < -0.3 is 4.74 Å². The van der Waals surface area contributed by atoms with Crippen LogP contribution in [-0.4, -0.2) is 13.1 Å². The SMILES string of the molecule is CC.COC(=O)c1cc(C)ccc1CBr. The zero-order valence-electron chi connectivity index (χ0n) is 9.63. The third-order valence-electron chi connectivity index (χ3n) is 1.81. The lowest BCUT2D eigenvalue weighted by Crippen LogP contribution is -2.05. The number of hydrogen-bond acceptors (Lipinski definition) is 2. The summed E-state index contributed by atoms with van der Waals surface area (Å²) in [6, 6.07) is 5.74. The topological polar surface area (TPSA) is 26.3 Å². The molecule has 0 saturated carbocycles. The van der Waals surface area contributed by atoms with Crippen LogP contribution >= 0.6 is 15.9 Å². The Morgan fingerprint density at radius 3 is 2.47 bits per heavy atom. The number of hydrogen-bond donors (Lipinski definition) is 0. The molecular formula is C12H17BrO2. The minimum absolute atomic E-state index is 0.279. The van der Waals surface area contributed by atoms with E-state index in [9.17, 15) is 4.79 Å². The summed E-state index contributed by atoms with van der Waals surface area (Å²) in [6.07, 6.45) is 0. The van der Waals surface area contributed by atoms with Crippen LogP contribution in [0.4, 0.5) is 0 Å². The van der Waals surface area contributed by atoms with Gasteiger partial charge in [0.05, 0.1) is 12.7 Å². The van der Waals surface area contributed by atoms with E-state index < -0.39 is 0 Å². The molecule has 0 amide bonds. The summed E-state index contributed by atoms with van der Waals surface area (Å²) in [5.41, 5.74) is 2.65. The first-order valence-corrected chi connectivity index (χ1v) is 6.05. The quantitative estimate of drug-likeness (QED) is 0.606. The highest BCUT2D eigenvalue weighted by Crippen LogP contribution is 2.15. The number of alkyl halides is 1. The molecule has 3 heteroatoms. The monoisotopic (exact) mass is 272 g/mol. The van der Waals surface area contributed by atoms with Crippen molar-refractivity contribution in [2.24, 2.45) is 0 Å². The molecule has 0 aromatic heterocycles. The summed E-state index contributed by atoms with van der Waals surface area (Å²) in [6.45, 7) is 5.95. The van der Waals surface area contributed by atoms with Gasteiger partial charge in [0.1, 0.15) is 0 Å². The molecule has 0 N–H and O–H groups in total. The number of carbonyl (C=O) groups excluding carboxylic acids is 1. The molecule has 0 aliphatic heterocycles. The Morgan fingerprint density at radius 1 is 1.40 bits per heavy atom. The normalized spacial score (nSPS) is 8.87. The lowest BCUT2D eigenvalue weighted by molar-refractivity contribution is 0.0599. The number of halogens is 1. The average Bonchev–Trinajstić information content (AvgIpc) is 2.30. The standard InChI is InChI=1S/C10H11BrO2.C2H6/c1-7-3-4-8(6-11)9(5-7)10(12)13-2;1-2/h3-5H,6H2,1-2H3;1-2H3. The van der Waals surface area contributed by atoms with Crippen LogP contribution in [0.2, 0.25) is 0 Å². The molecule has 0 aliphatic rings. The number of aryl methyl sites for hydroxylation is 1. The van der Waals surface area contributed by atoms with Gasteiger partial charge in [-0.15, -0.1) is 0 Å². The zero-order chi connectivity index (χ0) is 11.8. The van der Waals surface area contributed by atoms with Crippen molar-refractivity contribution in [2.45, 2.75) is 26.1 Å². The average molecular weight is 273 g/mol. The molecule has 0 unspecified atom stereocenters. The van der Waals surface area contributed by atoms with Crippen molar-refractivity contribution in [1.82, 2.24) is 0 Å². The van der Waals surface area contributed by atoms with Gasteiger partial charge in [-0.2, -0.15) is 0 Å². The van der Waals surface area contributed by atoms with Crippen LogP contribution in [0.15, 0.2) is 18.2 Å². The number of methoxy groups -OCH3 is 1. The van der Waals surface area contributed by atoms with Gasteiger partial charge >= 0.3 is 5.97 Å². The first-order chi connectivity index (χ1) is 7.19. The smallest absolute Gasteiger partial charge is 0.338 e. The maximum atomic E-state index is 11.3. The lowest BCUT2D eigenvalue weighted by atomic mass is 10.1.